The van der Waals surface area contributed by atoms with Crippen LogP contribution < -0.4 is 16.5 Å². The Morgan fingerprint density at radius 2 is 1.97 bits per heavy atom. The minimum atomic E-state index is -3.91. The zero-order chi connectivity index (χ0) is 25.8. The predicted octanol–water partition coefficient (Wildman–Crippen LogP) is 2.36. The topological polar surface area (TPSA) is 140 Å². The number of nitrogens with zero attached hydrogens (tertiary/aromatic N) is 2. The lowest BCUT2D eigenvalue weighted by molar-refractivity contribution is -0.131. The molecule has 10 nitrogen and oxygen atoms in total. The van der Waals surface area contributed by atoms with E-state index in [1.807, 2.05) is 6.92 Å². The van der Waals surface area contributed by atoms with Gasteiger partial charge in [0.1, 0.15) is 5.82 Å². The maximum Gasteiger partial charge on any atom is 0.264 e. The molecule has 0 unspecified atom stereocenters. The molecule has 0 saturated heterocycles. The zero-order valence-corrected chi connectivity index (χ0v) is 21.6. The van der Waals surface area contributed by atoms with Gasteiger partial charge in [0, 0.05) is 24.9 Å². The molecule has 13 heteroatoms. The summed E-state index contributed by atoms with van der Waals surface area (Å²) in [6.45, 7) is 3.71. The number of hydrogen-bond acceptors (Lipinski definition) is 8. The van der Waals surface area contributed by atoms with Crippen molar-refractivity contribution >= 4 is 39.1 Å². The van der Waals surface area contributed by atoms with E-state index in [0.717, 1.165) is 6.26 Å². The molecule has 2 aromatic carbocycles. The van der Waals surface area contributed by atoms with Gasteiger partial charge in [-0.25, -0.2) is 23.3 Å². The summed E-state index contributed by atoms with van der Waals surface area (Å²) in [4.78, 5) is 34.3. The average molecular weight is 543 g/mol. The number of hydroxylamine groups is 2. The predicted molar refractivity (Wildman–Crippen MR) is 135 cm³/mol. The second-order valence-corrected chi connectivity index (χ2v) is 10.7. The summed E-state index contributed by atoms with van der Waals surface area (Å²) in [7, 11) is -3.91. The van der Waals surface area contributed by atoms with E-state index in [1.165, 1.54) is 35.4 Å². The molecule has 1 heterocycles. The number of halogens is 2. The fourth-order valence-electron chi connectivity index (χ4n) is 3.54. The Morgan fingerprint density at radius 3 is 2.58 bits per heavy atom. The van der Waals surface area contributed by atoms with E-state index in [-0.39, 0.29) is 30.8 Å². The van der Waals surface area contributed by atoms with Crippen molar-refractivity contribution in [2.75, 3.05) is 12.9 Å². The SMILES string of the molecule is CCONCc1ccc(-c2ccc3c(=O)n(CC[C@](C)(C(=O)NO)S(C)(=O)=O)cnc3c2)c(F)c1.Cl. The maximum atomic E-state index is 14.7. The highest BCUT2D eigenvalue weighted by Gasteiger charge is 2.43. The molecule has 3 N–H and O–H groups in total. The number of carbonyl (C=O) groups excluding carboxylic acids is 1. The van der Waals surface area contributed by atoms with Crippen LogP contribution >= 0.6 is 12.4 Å². The molecular weight excluding hydrogens is 515 g/mol. The van der Waals surface area contributed by atoms with Crippen molar-refractivity contribution in [1.82, 2.24) is 20.5 Å². The van der Waals surface area contributed by atoms with Crippen molar-refractivity contribution in [3.05, 3.63) is 64.5 Å². The van der Waals surface area contributed by atoms with Crippen LogP contribution in [0.2, 0.25) is 0 Å². The van der Waals surface area contributed by atoms with Crippen LogP contribution in [0.25, 0.3) is 22.0 Å². The number of amides is 1. The summed E-state index contributed by atoms with van der Waals surface area (Å²) in [5.74, 6) is -1.52. The van der Waals surface area contributed by atoms with Crippen molar-refractivity contribution in [3.63, 3.8) is 0 Å². The fraction of sp³-hybridized carbons (Fsp3) is 0.348. The highest BCUT2D eigenvalue weighted by Crippen LogP contribution is 2.26. The van der Waals surface area contributed by atoms with Crippen LogP contribution in [0.15, 0.2) is 47.5 Å². The van der Waals surface area contributed by atoms with Gasteiger partial charge in [-0.05, 0) is 49.6 Å². The van der Waals surface area contributed by atoms with Gasteiger partial charge >= 0.3 is 0 Å². The Morgan fingerprint density at radius 1 is 1.25 bits per heavy atom. The maximum absolute atomic E-state index is 14.7. The molecule has 0 bridgehead atoms. The number of fused-ring (bicyclic) bond motifs is 1. The van der Waals surface area contributed by atoms with Crippen molar-refractivity contribution < 1.29 is 27.6 Å². The Hall–Kier alpha value is -2.90. The molecule has 3 aromatic rings. The van der Waals surface area contributed by atoms with Crippen LogP contribution in [0.3, 0.4) is 0 Å². The Labute approximate surface area is 213 Å². The molecule has 1 aromatic heterocycles. The summed E-state index contributed by atoms with van der Waals surface area (Å²) in [6, 6.07) is 9.53. The molecule has 1 amide bonds. The van der Waals surface area contributed by atoms with Gasteiger partial charge in [-0.3, -0.25) is 19.4 Å². The molecule has 0 fully saturated rings. The summed E-state index contributed by atoms with van der Waals surface area (Å²) in [6.07, 6.45) is 1.86. The van der Waals surface area contributed by atoms with Gasteiger partial charge in [0.25, 0.3) is 11.5 Å². The smallest absolute Gasteiger partial charge is 0.264 e. The number of carbonyl (C=O) groups is 1. The van der Waals surface area contributed by atoms with Gasteiger partial charge in [-0.2, -0.15) is 5.48 Å². The highest BCUT2D eigenvalue weighted by atomic mass is 35.5. The first kappa shape index (κ1) is 29.3. The molecule has 0 spiro atoms. The van der Waals surface area contributed by atoms with E-state index in [0.29, 0.717) is 35.4 Å². The van der Waals surface area contributed by atoms with E-state index in [2.05, 4.69) is 10.5 Å². The zero-order valence-electron chi connectivity index (χ0n) is 19.9. The minimum Gasteiger partial charge on any atom is -0.302 e. The largest absolute Gasteiger partial charge is 0.302 e. The van der Waals surface area contributed by atoms with Crippen molar-refractivity contribution in [2.24, 2.45) is 0 Å². The molecular formula is C23H28ClFN4O6S. The third kappa shape index (κ3) is 6.08. The second kappa shape index (κ2) is 11.9. The molecule has 196 valence electrons. The number of nitrogens with one attached hydrogen (secondary N) is 2. The Bertz CT molecular complexity index is 1420. The highest BCUT2D eigenvalue weighted by molar-refractivity contribution is 7.92. The van der Waals surface area contributed by atoms with E-state index >= 15 is 0 Å². The summed E-state index contributed by atoms with van der Waals surface area (Å²) < 4.78 is 38.3. The summed E-state index contributed by atoms with van der Waals surface area (Å²) in [5.41, 5.74) is 5.58. The number of sulfone groups is 1. The van der Waals surface area contributed by atoms with E-state index in [9.17, 15) is 22.4 Å². The number of hydrogen-bond donors (Lipinski definition) is 3. The van der Waals surface area contributed by atoms with Crippen LogP contribution in [0.1, 0.15) is 25.8 Å². The first-order valence-electron chi connectivity index (χ1n) is 10.8. The number of aromatic nitrogens is 2. The number of rotatable bonds is 10. The van der Waals surface area contributed by atoms with Crippen LogP contribution in [-0.2, 0) is 32.6 Å². The van der Waals surface area contributed by atoms with Gasteiger partial charge < -0.3 is 4.84 Å². The van der Waals surface area contributed by atoms with Gasteiger partial charge in [0.2, 0.25) is 0 Å². The third-order valence-electron chi connectivity index (χ3n) is 5.92. The molecule has 3 rings (SSSR count). The lowest BCUT2D eigenvalue weighted by Gasteiger charge is -2.25. The number of aryl methyl sites for hydroxylation is 1. The van der Waals surface area contributed by atoms with Crippen molar-refractivity contribution in [1.29, 1.82) is 0 Å². The van der Waals surface area contributed by atoms with Crippen LogP contribution in [0.5, 0.6) is 0 Å². The molecule has 0 aliphatic carbocycles. The van der Waals surface area contributed by atoms with Crippen LogP contribution in [-0.4, -0.2) is 46.7 Å². The van der Waals surface area contributed by atoms with Gasteiger partial charge in [-0.15, -0.1) is 12.4 Å². The first-order valence-corrected chi connectivity index (χ1v) is 12.7. The standard InChI is InChI=1S/C23H27FN4O6S.ClH/c1-4-34-26-13-15-5-7-17(19(24)11-15)16-6-8-18-20(12-16)25-14-28(21(18)29)10-9-23(2,22(30)27-31)35(3,32)33;/h5-8,11-12,14,26,31H,4,9-10,13H2,1-3H3,(H,27,30);1H/t23-;/m1./s1. The number of benzene rings is 2. The molecule has 0 saturated carbocycles. The van der Waals surface area contributed by atoms with Gasteiger partial charge in [0.05, 0.1) is 23.8 Å². The van der Waals surface area contributed by atoms with Gasteiger partial charge in [-0.1, -0.05) is 18.2 Å². The van der Waals surface area contributed by atoms with E-state index in [4.69, 9.17) is 10.0 Å². The summed E-state index contributed by atoms with van der Waals surface area (Å²) >= 11 is 0. The normalized spacial score (nSPS) is 13.1. The lowest BCUT2D eigenvalue weighted by Crippen LogP contribution is -2.50. The third-order valence-corrected chi connectivity index (χ3v) is 7.95. The first-order chi connectivity index (χ1) is 16.5. The molecule has 0 aliphatic rings. The average Bonchev–Trinajstić information content (AvgIpc) is 2.82. The molecule has 0 radical (unpaired) electrons. The van der Waals surface area contributed by atoms with E-state index < -0.39 is 31.9 Å². The van der Waals surface area contributed by atoms with Crippen molar-refractivity contribution in [2.45, 2.75) is 38.1 Å². The minimum absolute atomic E-state index is 0. The van der Waals surface area contributed by atoms with Crippen molar-refractivity contribution in [3.8, 4) is 11.1 Å². The summed E-state index contributed by atoms with van der Waals surface area (Å²) in [5, 5.41) is 9.20. The Balaban J connectivity index is 0.00000456. The fourth-order valence-corrected chi connectivity index (χ4v) is 4.39. The monoisotopic (exact) mass is 542 g/mol. The molecule has 0 aliphatic heterocycles. The quantitative estimate of drug-likeness (QED) is 0.201. The van der Waals surface area contributed by atoms with Gasteiger partial charge in [0.15, 0.2) is 14.6 Å². The van der Waals surface area contributed by atoms with Crippen LogP contribution in [0, 0.1) is 5.82 Å². The van der Waals surface area contributed by atoms with E-state index in [1.54, 1.807) is 24.3 Å². The molecule has 1 atom stereocenters. The Kier molecular flexibility index (Phi) is 9.69. The lowest BCUT2D eigenvalue weighted by atomic mass is 10.0. The van der Waals surface area contributed by atoms with Crippen LogP contribution in [0.4, 0.5) is 4.39 Å². The molecule has 36 heavy (non-hydrogen) atoms. The second-order valence-electron chi connectivity index (χ2n) is 8.24.